The van der Waals surface area contributed by atoms with Crippen LogP contribution in [0.4, 0.5) is 10.1 Å². The summed E-state index contributed by atoms with van der Waals surface area (Å²) in [5, 5.41) is 11.5. The summed E-state index contributed by atoms with van der Waals surface area (Å²) in [7, 11) is 0.173. The molecular formula is C15H13FN4O3S. The van der Waals surface area contributed by atoms with E-state index < -0.39 is 22.7 Å². The van der Waals surface area contributed by atoms with Gasteiger partial charge in [0.2, 0.25) is 0 Å². The molecule has 0 saturated carbocycles. The second-order valence-corrected chi connectivity index (χ2v) is 6.32. The molecule has 2 N–H and O–H groups in total. The van der Waals surface area contributed by atoms with Crippen LogP contribution in [0, 0.1) is 17.1 Å². The summed E-state index contributed by atoms with van der Waals surface area (Å²) in [6, 6.07) is 5.42. The number of aromatic nitrogens is 1. The molecule has 2 aromatic rings. The molecule has 3 rings (SSSR count). The summed E-state index contributed by atoms with van der Waals surface area (Å²) in [5.74, 6) is -0.915. The van der Waals surface area contributed by atoms with Gasteiger partial charge < -0.3 is 14.6 Å². The minimum atomic E-state index is -1.46. The Kier molecular flexibility index (Phi) is 4.33. The van der Waals surface area contributed by atoms with E-state index in [1.54, 1.807) is 19.3 Å². The van der Waals surface area contributed by atoms with Crippen LogP contribution < -0.4 is 14.8 Å². The average Bonchev–Trinajstić information content (AvgIpc) is 2.79. The van der Waals surface area contributed by atoms with E-state index in [2.05, 4.69) is 10.0 Å². The number of amides is 1. The lowest BCUT2D eigenvalue weighted by Gasteiger charge is -2.09. The maximum Gasteiger partial charge on any atom is 0.276 e. The van der Waals surface area contributed by atoms with Gasteiger partial charge in [0.1, 0.15) is 34.4 Å². The summed E-state index contributed by atoms with van der Waals surface area (Å²) in [5.41, 5.74) is 0.311. The van der Waals surface area contributed by atoms with Crippen molar-refractivity contribution >= 4 is 22.6 Å². The smallest absolute Gasteiger partial charge is 0.276 e. The minimum Gasteiger partial charge on any atom is -0.488 e. The maximum absolute atomic E-state index is 13.4. The number of anilines is 1. The fourth-order valence-electron chi connectivity index (χ4n) is 2.35. The molecule has 1 atom stereocenters. The molecule has 1 aromatic heterocycles. The molecule has 124 valence electrons. The predicted octanol–water partition coefficient (Wildman–Crippen LogP) is 1.29. The second-order valence-electron chi connectivity index (χ2n) is 5.05. The standard InChI is InChI=1S/C15H13FN4O3S/c1-20-8-12-14(23-5-4-18-24(12)22)13(20)15(21)19-10-2-3-11(16)9(6-10)7-17/h2-3,6,8,18H,4-5H2,1H3,(H,19,21). The van der Waals surface area contributed by atoms with Gasteiger partial charge in [-0.2, -0.15) is 5.26 Å². The fourth-order valence-corrected chi connectivity index (χ4v) is 3.36. The Hall–Kier alpha value is -2.70. The van der Waals surface area contributed by atoms with Crippen LogP contribution in [-0.4, -0.2) is 27.8 Å². The Morgan fingerprint density at radius 1 is 1.54 bits per heavy atom. The summed E-state index contributed by atoms with van der Waals surface area (Å²) < 4.78 is 35.3. The fraction of sp³-hybridized carbons (Fsp3) is 0.200. The minimum absolute atomic E-state index is 0.167. The third kappa shape index (κ3) is 2.89. The van der Waals surface area contributed by atoms with Crippen molar-refractivity contribution in [3.05, 3.63) is 41.5 Å². The van der Waals surface area contributed by atoms with E-state index in [1.165, 1.54) is 16.7 Å². The third-order valence-corrected chi connectivity index (χ3v) is 4.60. The molecule has 7 nitrogen and oxygen atoms in total. The molecule has 0 aliphatic carbocycles. The van der Waals surface area contributed by atoms with Crippen LogP contribution in [0.3, 0.4) is 0 Å². The number of nitrogens with zero attached hydrogens (tertiary/aromatic N) is 2. The Labute approximate surface area is 139 Å². The Morgan fingerprint density at radius 2 is 2.33 bits per heavy atom. The highest BCUT2D eigenvalue weighted by Crippen LogP contribution is 2.30. The van der Waals surface area contributed by atoms with Crippen molar-refractivity contribution in [2.75, 3.05) is 18.5 Å². The molecule has 24 heavy (non-hydrogen) atoms. The first-order valence-electron chi connectivity index (χ1n) is 6.99. The van der Waals surface area contributed by atoms with Gasteiger partial charge in [0.15, 0.2) is 11.4 Å². The summed E-state index contributed by atoms with van der Waals surface area (Å²) >= 11 is 0. The maximum atomic E-state index is 13.4. The average molecular weight is 348 g/mol. The topological polar surface area (TPSA) is 96.2 Å². The SMILES string of the molecule is Cn1cc2c(c1C(=O)Nc1ccc(F)c(C#N)c1)OCCNS2=O. The number of aryl methyl sites for hydroxylation is 1. The predicted molar refractivity (Wildman–Crippen MR) is 84.4 cm³/mol. The number of rotatable bonds is 2. The first-order chi connectivity index (χ1) is 11.5. The highest BCUT2D eigenvalue weighted by atomic mass is 32.2. The molecule has 1 unspecified atom stereocenters. The second kappa shape index (κ2) is 6.43. The normalized spacial score (nSPS) is 16.5. The number of ether oxygens (including phenoxy) is 1. The molecule has 1 amide bonds. The van der Waals surface area contributed by atoms with Crippen LogP contribution in [0.2, 0.25) is 0 Å². The lowest BCUT2D eigenvalue weighted by molar-refractivity contribution is 0.101. The van der Waals surface area contributed by atoms with E-state index in [0.717, 1.165) is 6.07 Å². The quantitative estimate of drug-likeness (QED) is 0.855. The number of hydrogen-bond donors (Lipinski definition) is 2. The Bertz CT molecular complexity index is 888. The van der Waals surface area contributed by atoms with E-state index in [0.29, 0.717) is 11.4 Å². The van der Waals surface area contributed by atoms with Crippen molar-refractivity contribution in [3.63, 3.8) is 0 Å². The van der Waals surface area contributed by atoms with Gasteiger partial charge in [0, 0.05) is 25.5 Å². The first-order valence-corrected chi connectivity index (χ1v) is 8.14. The van der Waals surface area contributed by atoms with Crippen LogP contribution >= 0.6 is 0 Å². The van der Waals surface area contributed by atoms with Gasteiger partial charge in [-0.1, -0.05) is 0 Å². The van der Waals surface area contributed by atoms with Gasteiger partial charge in [0.25, 0.3) is 5.91 Å². The number of halogens is 1. The number of carbonyl (C=O) groups excluding carboxylic acids is 1. The van der Waals surface area contributed by atoms with Crippen LogP contribution in [0.15, 0.2) is 29.3 Å². The number of nitrogens with one attached hydrogen (secondary N) is 2. The molecule has 9 heteroatoms. The molecular weight excluding hydrogens is 335 g/mol. The van der Waals surface area contributed by atoms with Crippen molar-refractivity contribution in [2.45, 2.75) is 4.90 Å². The summed E-state index contributed by atoms with van der Waals surface area (Å²) in [4.78, 5) is 12.9. The van der Waals surface area contributed by atoms with Crippen molar-refractivity contribution < 1.29 is 18.1 Å². The van der Waals surface area contributed by atoms with Gasteiger partial charge in [-0.25, -0.2) is 13.3 Å². The van der Waals surface area contributed by atoms with Gasteiger partial charge in [-0.3, -0.25) is 4.79 Å². The van der Waals surface area contributed by atoms with Crippen LogP contribution in [0.1, 0.15) is 16.1 Å². The monoisotopic (exact) mass is 348 g/mol. The van der Waals surface area contributed by atoms with E-state index in [1.807, 2.05) is 0 Å². The molecule has 0 saturated heterocycles. The van der Waals surface area contributed by atoms with Crippen LogP contribution in [0.25, 0.3) is 0 Å². The molecule has 0 fully saturated rings. The van der Waals surface area contributed by atoms with E-state index in [-0.39, 0.29) is 29.3 Å². The van der Waals surface area contributed by atoms with Crippen molar-refractivity contribution in [3.8, 4) is 11.8 Å². The third-order valence-electron chi connectivity index (χ3n) is 3.44. The lowest BCUT2D eigenvalue weighted by Crippen LogP contribution is -2.20. The molecule has 0 radical (unpaired) electrons. The zero-order chi connectivity index (χ0) is 17.3. The number of nitriles is 1. The summed E-state index contributed by atoms with van der Waals surface area (Å²) in [6.45, 7) is 0.674. The van der Waals surface area contributed by atoms with E-state index in [9.17, 15) is 13.4 Å². The highest BCUT2D eigenvalue weighted by molar-refractivity contribution is 7.83. The van der Waals surface area contributed by atoms with Crippen LogP contribution in [-0.2, 0) is 18.0 Å². The highest BCUT2D eigenvalue weighted by Gasteiger charge is 2.27. The molecule has 1 aliphatic rings. The zero-order valence-corrected chi connectivity index (χ0v) is 13.4. The van der Waals surface area contributed by atoms with Gasteiger partial charge in [0.05, 0.1) is 5.56 Å². The Morgan fingerprint density at radius 3 is 3.08 bits per heavy atom. The molecule has 0 bridgehead atoms. The molecule has 1 aliphatic heterocycles. The Balaban J connectivity index is 1.94. The largest absolute Gasteiger partial charge is 0.488 e. The number of fused-ring (bicyclic) bond motifs is 1. The van der Waals surface area contributed by atoms with Gasteiger partial charge in [-0.05, 0) is 18.2 Å². The van der Waals surface area contributed by atoms with Gasteiger partial charge >= 0.3 is 0 Å². The number of hydrogen-bond acceptors (Lipinski definition) is 4. The van der Waals surface area contributed by atoms with Crippen molar-refractivity contribution in [1.82, 2.24) is 9.29 Å². The molecule has 1 aromatic carbocycles. The summed E-state index contributed by atoms with van der Waals surface area (Å²) in [6.07, 6.45) is 1.56. The molecule has 0 spiro atoms. The lowest BCUT2D eigenvalue weighted by atomic mass is 10.2. The van der Waals surface area contributed by atoms with E-state index >= 15 is 0 Å². The molecule has 2 heterocycles. The van der Waals surface area contributed by atoms with Gasteiger partial charge in [-0.15, -0.1) is 0 Å². The number of carbonyl (C=O) groups is 1. The van der Waals surface area contributed by atoms with Crippen molar-refractivity contribution in [2.24, 2.45) is 7.05 Å². The van der Waals surface area contributed by atoms with E-state index in [4.69, 9.17) is 10.00 Å². The first kappa shape index (κ1) is 16.2. The zero-order valence-electron chi connectivity index (χ0n) is 12.6. The number of benzene rings is 1. The van der Waals surface area contributed by atoms with Crippen molar-refractivity contribution in [1.29, 1.82) is 5.26 Å². The van der Waals surface area contributed by atoms with Crippen LogP contribution in [0.5, 0.6) is 5.75 Å².